The summed E-state index contributed by atoms with van der Waals surface area (Å²) in [5.41, 5.74) is 0.549. The van der Waals surface area contributed by atoms with Crippen LogP contribution in [0.2, 0.25) is 0 Å². The summed E-state index contributed by atoms with van der Waals surface area (Å²) in [6, 6.07) is 3.46. The van der Waals surface area contributed by atoms with Crippen LogP contribution < -0.4 is 16.0 Å². The number of nitrogens with zero attached hydrogens (tertiary/aromatic N) is 2. The van der Waals surface area contributed by atoms with Gasteiger partial charge in [-0.05, 0) is 19.1 Å². The van der Waals surface area contributed by atoms with E-state index >= 15 is 0 Å². The van der Waals surface area contributed by atoms with Gasteiger partial charge in [0.05, 0.1) is 12.1 Å². The Morgan fingerprint density at radius 2 is 2.30 bits per heavy atom. The highest BCUT2D eigenvalue weighted by atomic mass is 16.1. The molecule has 0 radical (unpaired) electrons. The van der Waals surface area contributed by atoms with Gasteiger partial charge in [-0.2, -0.15) is 0 Å². The van der Waals surface area contributed by atoms with E-state index in [0.717, 1.165) is 6.54 Å². The highest BCUT2D eigenvalue weighted by Crippen LogP contribution is 1.94. The van der Waals surface area contributed by atoms with E-state index in [9.17, 15) is 4.79 Å². The maximum Gasteiger partial charge on any atom is 0.252 e. The highest BCUT2D eigenvalue weighted by Gasteiger charge is 2.03. The number of rotatable bonds is 7. The SMILES string of the molecule is C=CCNC(=NCCNC(=O)c1cccnc1)NCC. The van der Waals surface area contributed by atoms with Crippen molar-refractivity contribution in [1.82, 2.24) is 20.9 Å². The van der Waals surface area contributed by atoms with Gasteiger partial charge in [0.15, 0.2) is 5.96 Å². The molecule has 0 aliphatic heterocycles. The quantitative estimate of drug-likeness (QED) is 0.294. The van der Waals surface area contributed by atoms with Gasteiger partial charge in [0.2, 0.25) is 0 Å². The number of pyridine rings is 1. The van der Waals surface area contributed by atoms with Gasteiger partial charge < -0.3 is 16.0 Å². The van der Waals surface area contributed by atoms with Gasteiger partial charge in [0.1, 0.15) is 0 Å². The van der Waals surface area contributed by atoms with Crippen LogP contribution in [0, 0.1) is 0 Å². The summed E-state index contributed by atoms with van der Waals surface area (Å²) in [7, 11) is 0. The van der Waals surface area contributed by atoms with E-state index in [4.69, 9.17) is 0 Å². The summed E-state index contributed by atoms with van der Waals surface area (Å²) in [6.07, 6.45) is 4.93. The van der Waals surface area contributed by atoms with Crippen LogP contribution in [0.1, 0.15) is 17.3 Å². The summed E-state index contributed by atoms with van der Waals surface area (Å²) < 4.78 is 0. The maximum absolute atomic E-state index is 11.7. The average Bonchev–Trinajstić information content (AvgIpc) is 2.49. The molecule has 1 aromatic heterocycles. The smallest absolute Gasteiger partial charge is 0.252 e. The van der Waals surface area contributed by atoms with Crippen molar-refractivity contribution in [3.8, 4) is 0 Å². The van der Waals surface area contributed by atoms with Gasteiger partial charge in [0.25, 0.3) is 5.91 Å². The molecule has 0 spiro atoms. The van der Waals surface area contributed by atoms with Crippen LogP contribution in [-0.2, 0) is 0 Å². The highest BCUT2D eigenvalue weighted by molar-refractivity contribution is 5.93. The number of amides is 1. The monoisotopic (exact) mass is 275 g/mol. The van der Waals surface area contributed by atoms with Crippen molar-refractivity contribution in [3.05, 3.63) is 42.7 Å². The molecule has 0 unspecified atom stereocenters. The Balaban J connectivity index is 2.34. The normalized spacial score (nSPS) is 10.8. The Bertz CT molecular complexity index is 444. The van der Waals surface area contributed by atoms with Crippen LogP contribution in [0.4, 0.5) is 0 Å². The van der Waals surface area contributed by atoms with Crippen LogP contribution >= 0.6 is 0 Å². The van der Waals surface area contributed by atoms with E-state index in [2.05, 4.69) is 32.5 Å². The minimum atomic E-state index is -0.141. The van der Waals surface area contributed by atoms with Gasteiger partial charge in [-0.15, -0.1) is 6.58 Å². The molecule has 20 heavy (non-hydrogen) atoms. The zero-order valence-corrected chi connectivity index (χ0v) is 11.7. The number of carbonyl (C=O) groups is 1. The van der Waals surface area contributed by atoms with Gasteiger partial charge in [-0.1, -0.05) is 6.08 Å². The summed E-state index contributed by atoms with van der Waals surface area (Å²) in [5, 5.41) is 8.98. The van der Waals surface area contributed by atoms with Crippen molar-refractivity contribution < 1.29 is 4.79 Å². The Morgan fingerprint density at radius 3 is 2.95 bits per heavy atom. The lowest BCUT2D eigenvalue weighted by molar-refractivity contribution is 0.0954. The van der Waals surface area contributed by atoms with E-state index < -0.39 is 0 Å². The number of nitrogens with one attached hydrogen (secondary N) is 3. The summed E-state index contributed by atoms with van der Waals surface area (Å²) in [5.74, 6) is 0.570. The van der Waals surface area contributed by atoms with E-state index in [1.807, 2.05) is 6.92 Å². The number of hydrogen-bond donors (Lipinski definition) is 3. The molecule has 0 saturated heterocycles. The molecule has 0 aliphatic carbocycles. The first-order valence-electron chi connectivity index (χ1n) is 6.59. The fourth-order valence-electron chi connectivity index (χ4n) is 1.45. The van der Waals surface area contributed by atoms with Gasteiger partial charge in [-0.3, -0.25) is 14.8 Å². The van der Waals surface area contributed by atoms with E-state index in [1.54, 1.807) is 24.4 Å². The fraction of sp³-hybridized carbons (Fsp3) is 0.357. The molecular weight excluding hydrogens is 254 g/mol. The third kappa shape index (κ3) is 5.99. The van der Waals surface area contributed by atoms with Crippen LogP contribution in [0.5, 0.6) is 0 Å². The first kappa shape index (κ1) is 15.7. The van der Waals surface area contributed by atoms with E-state index in [1.165, 1.54) is 6.20 Å². The molecule has 1 heterocycles. The number of carbonyl (C=O) groups excluding carboxylic acids is 1. The molecule has 0 atom stereocenters. The largest absolute Gasteiger partial charge is 0.357 e. The molecular formula is C14H21N5O. The van der Waals surface area contributed by atoms with Crippen LogP contribution in [0.25, 0.3) is 0 Å². The van der Waals surface area contributed by atoms with Crippen molar-refractivity contribution in [2.24, 2.45) is 4.99 Å². The summed E-state index contributed by atoms with van der Waals surface area (Å²) in [6.45, 7) is 8.03. The van der Waals surface area contributed by atoms with Crippen LogP contribution in [0.15, 0.2) is 42.2 Å². The van der Waals surface area contributed by atoms with E-state index in [0.29, 0.717) is 31.2 Å². The van der Waals surface area contributed by atoms with Gasteiger partial charge in [-0.25, -0.2) is 0 Å². The summed E-state index contributed by atoms with van der Waals surface area (Å²) in [4.78, 5) is 20.0. The molecule has 6 nitrogen and oxygen atoms in total. The molecule has 0 aliphatic rings. The first-order chi connectivity index (χ1) is 9.77. The molecule has 3 N–H and O–H groups in total. The molecule has 1 aromatic rings. The lowest BCUT2D eigenvalue weighted by Crippen LogP contribution is -2.38. The van der Waals surface area contributed by atoms with Crippen LogP contribution in [-0.4, -0.2) is 43.0 Å². The Labute approximate surface area is 119 Å². The van der Waals surface area contributed by atoms with Crippen molar-refractivity contribution in [2.75, 3.05) is 26.2 Å². The standard InChI is InChI=1S/C14H21N5O/c1-3-7-18-14(16-4-2)19-10-9-17-13(20)12-6-5-8-15-11-12/h3,5-6,8,11H,1,4,7,9-10H2,2H3,(H,17,20)(H2,16,18,19). The third-order valence-electron chi connectivity index (χ3n) is 2.35. The Kier molecular flexibility index (Phi) is 7.49. The third-order valence-corrected chi connectivity index (χ3v) is 2.35. The number of aromatic nitrogens is 1. The van der Waals surface area contributed by atoms with Crippen molar-refractivity contribution in [3.63, 3.8) is 0 Å². The second-order valence-corrected chi connectivity index (χ2v) is 3.93. The number of guanidine groups is 1. The summed E-state index contributed by atoms with van der Waals surface area (Å²) >= 11 is 0. The molecule has 6 heteroatoms. The molecule has 1 amide bonds. The number of hydrogen-bond acceptors (Lipinski definition) is 3. The fourth-order valence-corrected chi connectivity index (χ4v) is 1.45. The molecule has 0 bridgehead atoms. The average molecular weight is 275 g/mol. The molecule has 0 fully saturated rings. The zero-order valence-electron chi connectivity index (χ0n) is 11.7. The lowest BCUT2D eigenvalue weighted by atomic mass is 10.3. The van der Waals surface area contributed by atoms with Gasteiger partial charge in [0, 0.05) is 32.0 Å². The van der Waals surface area contributed by atoms with E-state index in [-0.39, 0.29) is 5.91 Å². The predicted molar refractivity (Wildman–Crippen MR) is 80.7 cm³/mol. The van der Waals surface area contributed by atoms with Crippen molar-refractivity contribution in [2.45, 2.75) is 6.92 Å². The predicted octanol–water partition coefficient (Wildman–Crippen LogP) is 0.552. The molecule has 0 saturated carbocycles. The molecule has 108 valence electrons. The molecule has 1 rings (SSSR count). The van der Waals surface area contributed by atoms with Crippen molar-refractivity contribution in [1.29, 1.82) is 0 Å². The van der Waals surface area contributed by atoms with Crippen molar-refractivity contribution >= 4 is 11.9 Å². The second-order valence-electron chi connectivity index (χ2n) is 3.93. The van der Waals surface area contributed by atoms with Gasteiger partial charge >= 0.3 is 0 Å². The van der Waals surface area contributed by atoms with Crippen LogP contribution in [0.3, 0.4) is 0 Å². The minimum absolute atomic E-state index is 0.141. The topological polar surface area (TPSA) is 78.4 Å². The zero-order chi connectivity index (χ0) is 14.6. The second kappa shape index (κ2) is 9.55. The number of aliphatic imine (C=N–C) groups is 1. The minimum Gasteiger partial charge on any atom is -0.357 e. The Morgan fingerprint density at radius 1 is 1.45 bits per heavy atom. The maximum atomic E-state index is 11.7. The Hall–Kier alpha value is -2.37. The first-order valence-corrected chi connectivity index (χ1v) is 6.59. The molecule has 0 aromatic carbocycles. The lowest BCUT2D eigenvalue weighted by Gasteiger charge is -2.09.